The zero-order valence-corrected chi connectivity index (χ0v) is 13.5. The summed E-state index contributed by atoms with van der Waals surface area (Å²) in [6.45, 7) is 1.15. The van der Waals surface area contributed by atoms with Crippen molar-refractivity contribution < 1.29 is 13.9 Å². The molecule has 0 unspecified atom stereocenters. The number of nitrogens with zero attached hydrogens (tertiary/aromatic N) is 1. The molecule has 0 aromatic heterocycles. The number of amides is 1. The monoisotopic (exact) mass is 336 g/mol. The quantitative estimate of drug-likeness (QED) is 0.842. The van der Waals surface area contributed by atoms with Crippen molar-refractivity contribution in [2.24, 2.45) is 0 Å². The molecule has 1 amide bonds. The van der Waals surface area contributed by atoms with Crippen LogP contribution in [0.25, 0.3) is 0 Å². The first-order valence-corrected chi connectivity index (χ1v) is 7.53. The summed E-state index contributed by atoms with van der Waals surface area (Å²) < 4.78 is 19.0. The van der Waals surface area contributed by atoms with Crippen molar-refractivity contribution in [1.29, 1.82) is 0 Å². The van der Waals surface area contributed by atoms with Gasteiger partial charge < -0.3 is 10.1 Å². The van der Waals surface area contributed by atoms with Gasteiger partial charge >= 0.3 is 0 Å². The van der Waals surface area contributed by atoms with E-state index >= 15 is 0 Å². The Morgan fingerprint density at radius 1 is 1.22 bits per heavy atom. The largest absolute Gasteiger partial charge is 0.492 e. The Labute approximate surface area is 139 Å². The topological polar surface area (TPSA) is 41.6 Å². The molecule has 0 saturated carbocycles. The molecule has 0 saturated heterocycles. The summed E-state index contributed by atoms with van der Waals surface area (Å²) in [5.41, 5.74) is 0.184. The van der Waals surface area contributed by atoms with Crippen LogP contribution in [0.5, 0.6) is 5.75 Å². The maximum Gasteiger partial charge on any atom is 0.238 e. The molecule has 0 aliphatic heterocycles. The molecule has 0 atom stereocenters. The third kappa shape index (κ3) is 5.88. The van der Waals surface area contributed by atoms with Crippen molar-refractivity contribution in [1.82, 2.24) is 4.90 Å². The number of anilines is 1. The summed E-state index contributed by atoms with van der Waals surface area (Å²) in [6, 6.07) is 13.1. The highest BCUT2D eigenvalue weighted by molar-refractivity contribution is 6.30. The van der Waals surface area contributed by atoms with Crippen LogP contribution in [0.2, 0.25) is 5.02 Å². The lowest BCUT2D eigenvalue weighted by Gasteiger charge is -2.16. The van der Waals surface area contributed by atoms with E-state index in [-0.39, 0.29) is 18.1 Å². The van der Waals surface area contributed by atoms with E-state index in [0.717, 1.165) is 5.75 Å². The first-order valence-electron chi connectivity index (χ1n) is 7.16. The van der Waals surface area contributed by atoms with Crippen molar-refractivity contribution >= 4 is 23.2 Å². The maximum atomic E-state index is 13.4. The van der Waals surface area contributed by atoms with Crippen LogP contribution in [-0.2, 0) is 4.79 Å². The van der Waals surface area contributed by atoms with E-state index in [1.165, 1.54) is 12.1 Å². The lowest BCUT2D eigenvalue weighted by Crippen LogP contribution is -2.33. The number of benzene rings is 2. The highest BCUT2D eigenvalue weighted by Gasteiger charge is 2.09. The fraction of sp³-hybridized carbons (Fsp3) is 0.235. The number of likely N-dealkylation sites (N-methyl/N-ethyl adjacent to an activating group) is 1. The molecule has 2 rings (SSSR count). The van der Waals surface area contributed by atoms with E-state index in [0.29, 0.717) is 18.2 Å². The second-order valence-electron chi connectivity index (χ2n) is 5.07. The SMILES string of the molecule is CN(CCOc1ccc(Cl)cc1)CC(=O)Nc1ccccc1F. The lowest BCUT2D eigenvalue weighted by molar-refractivity contribution is -0.117. The van der Waals surface area contributed by atoms with E-state index in [1.807, 2.05) is 0 Å². The smallest absolute Gasteiger partial charge is 0.238 e. The summed E-state index contributed by atoms with van der Waals surface area (Å²) in [6.07, 6.45) is 0. The molecule has 122 valence electrons. The number of hydrogen-bond donors (Lipinski definition) is 1. The highest BCUT2D eigenvalue weighted by atomic mass is 35.5. The van der Waals surface area contributed by atoms with E-state index < -0.39 is 5.82 Å². The van der Waals surface area contributed by atoms with Gasteiger partial charge in [-0.3, -0.25) is 9.69 Å². The van der Waals surface area contributed by atoms with Crippen molar-refractivity contribution in [2.45, 2.75) is 0 Å². The van der Waals surface area contributed by atoms with Gasteiger partial charge in [-0.15, -0.1) is 0 Å². The van der Waals surface area contributed by atoms with Crippen LogP contribution in [0.15, 0.2) is 48.5 Å². The van der Waals surface area contributed by atoms with E-state index in [1.54, 1.807) is 48.3 Å². The zero-order valence-electron chi connectivity index (χ0n) is 12.8. The predicted molar refractivity (Wildman–Crippen MR) is 89.5 cm³/mol. The Kier molecular flexibility index (Phi) is 6.38. The van der Waals surface area contributed by atoms with Gasteiger partial charge in [0.05, 0.1) is 12.2 Å². The number of ether oxygens (including phenoxy) is 1. The summed E-state index contributed by atoms with van der Waals surface area (Å²) in [4.78, 5) is 13.7. The van der Waals surface area contributed by atoms with Crippen LogP contribution in [-0.4, -0.2) is 37.6 Å². The van der Waals surface area contributed by atoms with Crippen LogP contribution in [0, 0.1) is 5.82 Å². The Morgan fingerprint density at radius 3 is 2.61 bits per heavy atom. The number of rotatable bonds is 7. The fourth-order valence-corrected chi connectivity index (χ4v) is 2.05. The normalized spacial score (nSPS) is 10.6. The molecule has 6 heteroatoms. The molecule has 0 aliphatic rings. The van der Waals surface area contributed by atoms with E-state index in [4.69, 9.17) is 16.3 Å². The van der Waals surface area contributed by atoms with Gasteiger partial charge in [0.1, 0.15) is 18.2 Å². The zero-order chi connectivity index (χ0) is 16.7. The van der Waals surface area contributed by atoms with Crippen molar-refractivity contribution in [3.05, 3.63) is 59.4 Å². The van der Waals surface area contributed by atoms with Gasteiger partial charge in [0.25, 0.3) is 0 Å². The molecule has 1 N–H and O–H groups in total. The van der Waals surface area contributed by atoms with Gasteiger partial charge in [-0.1, -0.05) is 23.7 Å². The number of para-hydroxylation sites is 1. The molecule has 0 aliphatic carbocycles. The first-order chi connectivity index (χ1) is 11.0. The molecule has 0 bridgehead atoms. The lowest BCUT2D eigenvalue weighted by atomic mass is 10.3. The standard InChI is InChI=1S/C17H18ClFN2O2/c1-21(10-11-23-14-8-6-13(18)7-9-14)12-17(22)20-16-5-3-2-4-15(16)19/h2-9H,10-12H2,1H3,(H,20,22). The molecular weight excluding hydrogens is 319 g/mol. The Balaban J connectivity index is 1.71. The number of carbonyl (C=O) groups is 1. The minimum Gasteiger partial charge on any atom is -0.492 e. The number of hydrogen-bond acceptors (Lipinski definition) is 3. The first kappa shape index (κ1) is 17.2. The van der Waals surface area contributed by atoms with Gasteiger partial charge in [-0.05, 0) is 43.4 Å². The van der Waals surface area contributed by atoms with Crippen LogP contribution in [0.1, 0.15) is 0 Å². The molecule has 0 radical (unpaired) electrons. The Hall–Kier alpha value is -2.11. The number of nitrogens with one attached hydrogen (secondary N) is 1. The van der Waals surface area contributed by atoms with Gasteiger partial charge in [-0.2, -0.15) is 0 Å². The van der Waals surface area contributed by atoms with Gasteiger partial charge in [0.2, 0.25) is 5.91 Å². The molecular formula is C17H18ClFN2O2. The van der Waals surface area contributed by atoms with E-state index in [9.17, 15) is 9.18 Å². The molecule has 4 nitrogen and oxygen atoms in total. The van der Waals surface area contributed by atoms with Crippen molar-refractivity contribution in [3.8, 4) is 5.75 Å². The van der Waals surface area contributed by atoms with Crippen LogP contribution in [0.4, 0.5) is 10.1 Å². The molecule has 0 heterocycles. The van der Waals surface area contributed by atoms with Gasteiger partial charge in [0, 0.05) is 11.6 Å². The van der Waals surface area contributed by atoms with Crippen molar-refractivity contribution in [3.63, 3.8) is 0 Å². The molecule has 2 aromatic rings. The van der Waals surface area contributed by atoms with Crippen LogP contribution < -0.4 is 10.1 Å². The summed E-state index contributed by atoms with van der Waals surface area (Å²) in [7, 11) is 1.80. The minimum atomic E-state index is -0.449. The maximum absolute atomic E-state index is 13.4. The average molecular weight is 337 g/mol. The third-order valence-corrected chi connectivity index (χ3v) is 3.37. The predicted octanol–water partition coefficient (Wildman–Crippen LogP) is 3.43. The van der Waals surface area contributed by atoms with Gasteiger partial charge in [0.15, 0.2) is 0 Å². The second-order valence-corrected chi connectivity index (χ2v) is 5.50. The summed E-state index contributed by atoms with van der Waals surface area (Å²) in [5.74, 6) is -0.00252. The number of carbonyl (C=O) groups excluding carboxylic acids is 1. The van der Waals surface area contributed by atoms with E-state index in [2.05, 4.69) is 5.32 Å². The highest BCUT2D eigenvalue weighted by Crippen LogP contribution is 2.15. The van der Waals surface area contributed by atoms with Gasteiger partial charge in [-0.25, -0.2) is 4.39 Å². The summed E-state index contributed by atoms with van der Waals surface area (Å²) >= 11 is 5.80. The minimum absolute atomic E-state index is 0.151. The fourth-order valence-electron chi connectivity index (χ4n) is 1.93. The third-order valence-electron chi connectivity index (χ3n) is 3.12. The molecule has 23 heavy (non-hydrogen) atoms. The van der Waals surface area contributed by atoms with Crippen molar-refractivity contribution in [2.75, 3.05) is 32.1 Å². The molecule has 2 aromatic carbocycles. The molecule has 0 fully saturated rings. The van der Waals surface area contributed by atoms with Crippen LogP contribution in [0.3, 0.4) is 0 Å². The van der Waals surface area contributed by atoms with Crippen LogP contribution >= 0.6 is 11.6 Å². The molecule has 0 spiro atoms. The summed E-state index contributed by atoms with van der Waals surface area (Å²) in [5, 5.41) is 3.20. The Morgan fingerprint density at radius 2 is 1.91 bits per heavy atom. The Bertz CT molecular complexity index is 649. The average Bonchev–Trinajstić information content (AvgIpc) is 2.51. The second kappa shape index (κ2) is 8.50. The number of halogens is 2.